The molecule has 3 aromatic rings. The Bertz CT molecular complexity index is 735. The van der Waals surface area contributed by atoms with E-state index in [1.807, 2.05) is 13.0 Å². The van der Waals surface area contributed by atoms with Gasteiger partial charge in [-0.1, -0.05) is 25.3 Å². The first kappa shape index (κ1) is 12.2. The summed E-state index contributed by atoms with van der Waals surface area (Å²) in [7, 11) is 0. The molecule has 3 heterocycles. The molecular weight excluding hydrogens is 258 g/mol. The van der Waals surface area contributed by atoms with Gasteiger partial charge in [-0.05, 0) is 30.1 Å². The summed E-state index contributed by atoms with van der Waals surface area (Å²) in [6, 6.07) is 1.97. The molecule has 0 aliphatic heterocycles. The normalized spacial score (nSPS) is 12.2. The molecule has 5 nitrogen and oxygen atoms in total. The molecule has 0 fully saturated rings. The van der Waals surface area contributed by atoms with Gasteiger partial charge in [0.05, 0.1) is 11.2 Å². The first-order valence-corrected chi connectivity index (χ1v) is 6.88. The lowest BCUT2D eigenvalue weighted by Gasteiger charge is -2.15. The van der Waals surface area contributed by atoms with Crippen molar-refractivity contribution in [3.8, 4) is 10.7 Å². The van der Waals surface area contributed by atoms with Gasteiger partial charge in [0.2, 0.25) is 0 Å². The Labute approximate surface area is 115 Å². The van der Waals surface area contributed by atoms with Gasteiger partial charge in [0.15, 0.2) is 11.5 Å². The van der Waals surface area contributed by atoms with E-state index in [9.17, 15) is 0 Å². The van der Waals surface area contributed by atoms with Crippen molar-refractivity contribution in [3.63, 3.8) is 0 Å². The fraction of sp³-hybridized carbons (Fsp3) is 0.385. The average Bonchev–Trinajstić information content (AvgIpc) is 2.94. The number of rotatable bonds is 1. The maximum absolute atomic E-state index is 4.55. The zero-order valence-corrected chi connectivity index (χ0v) is 12.2. The van der Waals surface area contributed by atoms with Crippen molar-refractivity contribution < 1.29 is 0 Å². The molecule has 6 heteroatoms. The van der Waals surface area contributed by atoms with E-state index < -0.39 is 0 Å². The highest BCUT2D eigenvalue weighted by Gasteiger charge is 2.25. The third-order valence-corrected chi connectivity index (χ3v) is 3.75. The molecule has 98 valence electrons. The second-order valence-corrected chi connectivity index (χ2v) is 6.37. The predicted octanol–water partition coefficient (Wildman–Crippen LogP) is 3.08. The van der Waals surface area contributed by atoms with Crippen molar-refractivity contribution in [1.82, 2.24) is 24.5 Å². The van der Waals surface area contributed by atoms with E-state index in [1.54, 1.807) is 6.20 Å². The summed E-state index contributed by atoms with van der Waals surface area (Å²) in [6.45, 7) is 8.42. The van der Waals surface area contributed by atoms with Gasteiger partial charge in [-0.3, -0.25) is 0 Å². The van der Waals surface area contributed by atoms with E-state index in [0.29, 0.717) is 0 Å². The zero-order valence-electron chi connectivity index (χ0n) is 11.4. The second kappa shape index (κ2) is 4.09. The Balaban J connectivity index is 2.21. The van der Waals surface area contributed by atoms with Gasteiger partial charge in [-0.15, -0.1) is 5.10 Å². The predicted molar refractivity (Wildman–Crippen MR) is 76.2 cm³/mol. The van der Waals surface area contributed by atoms with Gasteiger partial charge >= 0.3 is 0 Å². The van der Waals surface area contributed by atoms with E-state index >= 15 is 0 Å². The summed E-state index contributed by atoms with van der Waals surface area (Å²) in [5.41, 5.74) is 3.77. The van der Waals surface area contributed by atoms with Crippen LogP contribution in [0.3, 0.4) is 0 Å². The number of hydrogen-bond donors (Lipinski definition) is 1. The zero-order chi connectivity index (χ0) is 13.6. The van der Waals surface area contributed by atoms with Crippen LogP contribution in [0.5, 0.6) is 0 Å². The molecule has 0 aromatic carbocycles. The number of fused-ring (bicyclic) bond motifs is 1. The number of aromatic nitrogens is 5. The molecule has 0 bridgehead atoms. The number of H-pyrrole nitrogens is 1. The van der Waals surface area contributed by atoms with Gasteiger partial charge in [0, 0.05) is 11.6 Å². The van der Waals surface area contributed by atoms with E-state index in [1.165, 1.54) is 11.5 Å². The van der Waals surface area contributed by atoms with Crippen molar-refractivity contribution in [3.05, 3.63) is 23.5 Å². The Morgan fingerprint density at radius 1 is 1.26 bits per heavy atom. The summed E-state index contributed by atoms with van der Waals surface area (Å²) < 4.78 is 4.07. The SMILES string of the molecule is Cc1ccnc2nc(-c3snnc3C(C)(C)C)[nH]c12. The molecule has 0 aliphatic rings. The van der Waals surface area contributed by atoms with Crippen molar-refractivity contribution in [2.75, 3.05) is 0 Å². The highest BCUT2D eigenvalue weighted by atomic mass is 32.1. The quantitative estimate of drug-likeness (QED) is 0.740. The Hall–Kier alpha value is -1.82. The van der Waals surface area contributed by atoms with Crippen molar-refractivity contribution in [2.45, 2.75) is 33.1 Å². The summed E-state index contributed by atoms with van der Waals surface area (Å²) in [4.78, 5) is 13.2. The van der Waals surface area contributed by atoms with Crippen LogP contribution in [0.2, 0.25) is 0 Å². The van der Waals surface area contributed by atoms with Gasteiger partial charge in [0.25, 0.3) is 0 Å². The fourth-order valence-corrected chi connectivity index (χ4v) is 2.80. The molecule has 0 saturated carbocycles. The lowest BCUT2D eigenvalue weighted by Crippen LogP contribution is -2.13. The number of nitrogens with one attached hydrogen (secondary N) is 1. The van der Waals surface area contributed by atoms with Crippen LogP contribution in [0.4, 0.5) is 0 Å². The molecule has 0 aliphatic carbocycles. The van der Waals surface area contributed by atoms with Crippen LogP contribution in [0.1, 0.15) is 32.0 Å². The molecular formula is C13H15N5S. The van der Waals surface area contributed by atoms with Crippen LogP contribution in [0.15, 0.2) is 12.3 Å². The minimum Gasteiger partial charge on any atom is -0.336 e. The highest BCUT2D eigenvalue weighted by Crippen LogP contribution is 2.33. The van der Waals surface area contributed by atoms with Crippen molar-refractivity contribution in [1.29, 1.82) is 0 Å². The van der Waals surface area contributed by atoms with Crippen LogP contribution in [0.25, 0.3) is 21.9 Å². The van der Waals surface area contributed by atoms with E-state index in [-0.39, 0.29) is 5.41 Å². The van der Waals surface area contributed by atoms with Crippen molar-refractivity contribution in [2.24, 2.45) is 0 Å². The van der Waals surface area contributed by atoms with E-state index in [2.05, 4.69) is 45.3 Å². The van der Waals surface area contributed by atoms with Crippen LogP contribution < -0.4 is 0 Å². The van der Waals surface area contributed by atoms with Crippen LogP contribution in [0, 0.1) is 6.92 Å². The highest BCUT2D eigenvalue weighted by molar-refractivity contribution is 7.09. The molecule has 0 spiro atoms. The average molecular weight is 273 g/mol. The lowest BCUT2D eigenvalue weighted by atomic mass is 9.91. The Kier molecular flexibility index (Phi) is 2.63. The number of imidazole rings is 1. The number of aryl methyl sites for hydroxylation is 1. The molecule has 3 aromatic heterocycles. The third kappa shape index (κ3) is 2.02. The molecule has 0 saturated heterocycles. The van der Waals surface area contributed by atoms with Gasteiger partial charge < -0.3 is 4.98 Å². The minimum absolute atomic E-state index is 0.0518. The summed E-state index contributed by atoms with van der Waals surface area (Å²) in [5, 5.41) is 4.24. The molecule has 1 N–H and O–H groups in total. The number of hydrogen-bond acceptors (Lipinski definition) is 5. The summed E-state index contributed by atoms with van der Waals surface area (Å²) in [5.74, 6) is 0.803. The smallest absolute Gasteiger partial charge is 0.178 e. The summed E-state index contributed by atoms with van der Waals surface area (Å²) >= 11 is 1.37. The summed E-state index contributed by atoms with van der Waals surface area (Å²) in [6.07, 6.45) is 1.78. The molecule has 0 radical (unpaired) electrons. The first-order valence-electron chi connectivity index (χ1n) is 6.11. The van der Waals surface area contributed by atoms with Crippen molar-refractivity contribution >= 4 is 22.7 Å². The Morgan fingerprint density at radius 2 is 2.05 bits per heavy atom. The van der Waals surface area contributed by atoms with Crippen LogP contribution in [-0.2, 0) is 5.41 Å². The first-order chi connectivity index (χ1) is 8.97. The number of pyridine rings is 1. The van der Waals surface area contributed by atoms with Gasteiger partial charge in [0.1, 0.15) is 4.88 Å². The molecule has 3 rings (SSSR count). The molecule has 0 atom stereocenters. The Morgan fingerprint density at radius 3 is 2.74 bits per heavy atom. The second-order valence-electron chi connectivity index (χ2n) is 5.61. The maximum atomic E-state index is 4.55. The number of aromatic amines is 1. The van der Waals surface area contributed by atoms with Crippen LogP contribution >= 0.6 is 11.5 Å². The minimum atomic E-state index is -0.0518. The lowest BCUT2D eigenvalue weighted by molar-refractivity contribution is 0.568. The third-order valence-electron chi connectivity index (χ3n) is 3.01. The van der Waals surface area contributed by atoms with Gasteiger partial charge in [-0.25, -0.2) is 9.97 Å². The van der Waals surface area contributed by atoms with Crippen LogP contribution in [-0.4, -0.2) is 24.5 Å². The van der Waals surface area contributed by atoms with E-state index in [0.717, 1.165) is 33.1 Å². The molecule has 19 heavy (non-hydrogen) atoms. The maximum Gasteiger partial charge on any atom is 0.178 e. The monoisotopic (exact) mass is 273 g/mol. The fourth-order valence-electron chi connectivity index (χ4n) is 1.98. The molecule has 0 amide bonds. The standard InChI is InChI=1S/C13H15N5S/c1-7-5-6-14-11-8(7)15-12(16-11)9-10(13(2,3)4)17-18-19-9/h5-6H,1-4H3,(H,14,15,16). The number of nitrogens with zero attached hydrogens (tertiary/aromatic N) is 4. The van der Waals surface area contributed by atoms with E-state index in [4.69, 9.17) is 0 Å². The largest absolute Gasteiger partial charge is 0.336 e. The molecule has 0 unspecified atom stereocenters. The topological polar surface area (TPSA) is 67.3 Å². The van der Waals surface area contributed by atoms with Gasteiger partial charge in [-0.2, -0.15) is 0 Å².